The van der Waals surface area contributed by atoms with E-state index in [1.165, 1.54) is 4.31 Å². The van der Waals surface area contributed by atoms with Crippen LogP contribution < -0.4 is 10.6 Å². The Labute approximate surface area is 256 Å². The van der Waals surface area contributed by atoms with Gasteiger partial charge in [-0.25, -0.2) is 8.42 Å². The first kappa shape index (κ1) is 33.1. The van der Waals surface area contributed by atoms with Crippen LogP contribution in [-0.4, -0.2) is 80.6 Å². The zero-order chi connectivity index (χ0) is 32.7. The highest BCUT2D eigenvalue weighted by atomic mass is 32.2. The number of alkyl halides is 6. The van der Waals surface area contributed by atoms with Crippen LogP contribution in [0, 0.1) is 12.1 Å². The summed E-state index contributed by atoms with van der Waals surface area (Å²) in [5, 5.41) is 21.1. The molecule has 9 nitrogen and oxygen atoms in total. The lowest BCUT2D eigenvalue weighted by molar-refractivity contribution is -0.143. The molecule has 3 heterocycles. The molecule has 0 aromatic heterocycles. The van der Waals surface area contributed by atoms with Crippen molar-refractivity contribution < 1.29 is 39.5 Å². The third-order valence-electron chi connectivity index (χ3n) is 8.04. The Morgan fingerprint density at radius 2 is 1.60 bits per heavy atom. The SMILES string of the molecule is Cc1ccccc1/C1=C/C(N2CCN(S(C)(=O)=O)CC2)OC2=C(CNCN2)C(Cc2cc(C(F)(F)F)cc(C(F)(F)F)c2)N1[O-]. The van der Waals surface area contributed by atoms with E-state index >= 15 is 0 Å². The van der Waals surface area contributed by atoms with E-state index in [1.54, 1.807) is 37.3 Å². The molecular weight excluding hydrogens is 628 g/mol. The molecule has 0 radical (unpaired) electrons. The smallest absolute Gasteiger partial charge is 0.416 e. The van der Waals surface area contributed by atoms with E-state index < -0.39 is 52.2 Å². The summed E-state index contributed by atoms with van der Waals surface area (Å²) < 4.78 is 114. The average molecular weight is 661 g/mol. The zero-order valence-electron chi connectivity index (χ0n) is 24.4. The van der Waals surface area contributed by atoms with Gasteiger partial charge in [0.25, 0.3) is 0 Å². The lowest BCUT2D eigenvalue weighted by Crippen LogP contribution is -2.54. The molecule has 3 aliphatic heterocycles. The zero-order valence-corrected chi connectivity index (χ0v) is 25.2. The van der Waals surface area contributed by atoms with Gasteiger partial charge in [0.05, 0.1) is 24.1 Å². The summed E-state index contributed by atoms with van der Waals surface area (Å²) in [5.41, 5.74) is -1.61. The number of hydrogen-bond donors (Lipinski definition) is 2. The number of hydroxylamine groups is 2. The van der Waals surface area contributed by atoms with Crippen LogP contribution in [0.4, 0.5) is 26.3 Å². The summed E-state index contributed by atoms with van der Waals surface area (Å²) in [4.78, 5) is 1.87. The van der Waals surface area contributed by atoms with Crippen LogP contribution in [-0.2, 0) is 33.5 Å². The second kappa shape index (κ2) is 12.5. The Morgan fingerprint density at radius 3 is 2.18 bits per heavy atom. The fourth-order valence-electron chi connectivity index (χ4n) is 5.70. The van der Waals surface area contributed by atoms with Gasteiger partial charge < -0.3 is 20.3 Å². The maximum atomic E-state index is 14.4. The molecule has 0 bridgehead atoms. The number of nitrogens with zero attached hydrogens (tertiary/aromatic N) is 3. The minimum atomic E-state index is -5.05. The van der Waals surface area contributed by atoms with E-state index in [9.17, 15) is 40.0 Å². The topological polar surface area (TPSA) is 100 Å². The molecule has 0 saturated carbocycles. The Kier molecular flexibility index (Phi) is 9.16. The highest BCUT2D eigenvalue weighted by molar-refractivity contribution is 7.88. The molecule has 5 rings (SSSR count). The maximum Gasteiger partial charge on any atom is 0.416 e. The van der Waals surface area contributed by atoms with Crippen molar-refractivity contribution in [2.45, 2.75) is 38.0 Å². The summed E-state index contributed by atoms with van der Waals surface area (Å²) in [5.74, 6) is 0.179. The fraction of sp³-hybridized carbons (Fsp3) is 0.448. The normalized spacial score (nSPS) is 23.8. The molecule has 45 heavy (non-hydrogen) atoms. The van der Waals surface area contributed by atoms with Crippen molar-refractivity contribution in [3.05, 3.63) is 93.0 Å². The van der Waals surface area contributed by atoms with Gasteiger partial charge in [-0.2, -0.15) is 30.6 Å². The molecule has 2 unspecified atom stereocenters. The van der Waals surface area contributed by atoms with Crippen LogP contribution >= 0.6 is 0 Å². The van der Waals surface area contributed by atoms with Gasteiger partial charge in [-0.3, -0.25) is 10.2 Å². The number of sulfonamides is 1. The first-order valence-electron chi connectivity index (χ1n) is 14.1. The van der Waals surface area contributed by atoms with Crippen LogP contribution in [0.1, 0.15) is 27.8 Å². The van der Waals surface area contributed by atoms with Crippen LogP contribution in [0.5, 0.6) is 0 Å². The van der Waals surface area contributed by atoms with Crippen molar-refractivity contribution in [1.29, 1.82) is 0 Å². The minimum Gasteiger partial charge on any atom is -0.758 e. The highest BCUT2D eigenvalue weighted by Crippen LogP contribution is 2.38. The standard InChI is InChI=1S/C29H32F6N5O4S/c1-18-5-3-4-6-22(18)25-15-26(38-7-9-39(10-8-38)45(2,42)43)44-27-23(16-36-17-37-27)24(40(25)41)13-19-11-20(28(30,31)32)14-21(12-19)29(33,34)35/h3-6,11-12,14-15,24,26,36-37H,7-10,13,16-17H2,1-2H3/q-1/b25-15-. The van der Waals surface area contributed by atoms with Crippen molar-refractivity contribution in [2.24, 2.45) is 0 Å². The number of halogens is 6. The first-order valence-corrected chi connectivity index (χ1v) is 15.9. The van der Waals surface area contributed by atoms with Gasteiger partial charge in [-0.05, 0) is 54.3 Å². The predicted molar refractivity (Wildman–Crippen MR) is 154 cm³/mol. The van der Waals surface area contributed by atoms with Gasteiger partial charge in [0.2, 0.25) is 10.0 Å². The van der Waals surface area contributed by atoms with E-state index in [4.69, 9.17) is 4.74 Å². The van der Waals surface area contributed by atoms with Crippen LogP contribution in [0.25, 0.3) is 5.70 Å². The average Bonchev–Trinajstić information content (AvgIpc) is 2.96. The first-order chi connectivity index (χ1) is 21.0. The molecule has 1 fully saturated rings. The van der Waals surface area contributed by atoms with Crippen molar-refractivity contribution >= 4 is 15.7 Å². The van der Waals surface area contributed by atoms with Crippen molar-refractivity contribution in [1.82, 2.24) is 24.9 Å². The fourth-order valence-corrected chi connectivity index (χ4v) is 6.52. The third-order valence-corrected chi connectivity index (χ3v) is 9.35. The van der Waals surface area contributed by atoms with E-state index in [0.29, 0.717) is 33.9 Å². The van der Waals surface area contributed by atoms with Crippen molar-refractivity contribution in [3.8, 4) is 0 Å². The van der Waals surface area contributed by atoms with Gasteiger partial charge in [0, 0.05) is 50.0 Å². The monoisotopic (exact) mass is 660 g/mol. The molecular formula is C29H32F6N5O4S-. The van der Waals surface area contributed by atoms with Crippen molar-refractivity contribution in [3.63, 3.8) is 0 Å². The lowest BCUT2D eigenvalue weighted by atomic mass is 9.93. The number of aryl methyl sites for hydroxylation is 1. The molecule has 0 spiro atoms. The van der Waals surface area contributed by atoms with E-state index in [0.717, 1.165) is 6.26 Å². The molecule has 2 atom stereocenters. The Hall–Kier alpha value is -3.31. The Bertz CT molecular complexity index is 1550. The molecule has 3 aliphatic rings. The van der Waals surface area contributed by atoms with E-state index in [-0.39, 0.29) is 62.6 Å². The number of hydrogen-bond acceptors (Lipinski definition) is 8. The second-order valence-electron chi connectivity index (χ2n) is 11.2. The summed E-state index contributed by atoms with van der Waals surface area (Å²) >= 11 is 0. The molecule has 1 saturated heterocycles. The largest absolute Gasteiger partial charge is 0.758 e. The highest BCUT2D eigenvalue weighted by Gasteiger charge is 2.38. The number of ether oxygens (including phenoxy) is 1. The van der Waals surface area contributed by atoms with E-state index in [2.05, 4.69) is 10.6 Å². The quantitative estimate of drug-likeness (QED) is 0.464. The van der Waals surface area contributed by atoms with Gasteiger partial charge in [-0.15, -0.1) is 0 Å². The summed E-state index contributed by atoms with van der Waals surface area (Å²) in [6.07, 6.45) is -8.73. The number of piperazine rings is 1. The van der Waals surface area contributed by atoms with Crippen LogP contribution in [0.2, 0.25) is 0 Å². The molecule has 2 aromatic rings. The summed E-state index contributed by atoms with van der Waals surface area (Å²) in [6.45, 7) is 3.02. The number of rotatable bonds is 5. The van der Waals surface area contributed by atoms with Gasteiger partial charge in [0.1, 0.15) is 0 Å². The second-order valence-corrected chi connectivity index (χ2v) is 13.2. The summed E-state index contributed by atoms with van der Waals surface area (Å²) in [6, 6.07) is 7.02. The molecule has 0 amide bonds. The minimum absolute atomic E-state index is 0.0565. The van der Waals surface area contributed by atoms with Crippen molar-refractivity contribution in [2.75, 3.05) is 45.6 Å². The Morgan fingerprint density at radius 1 is 0.978 bits per heavy atom. The van der Waals surface area contributed by atoms with E-state index in [1.807, 2.05) is 4.90 Å². The molecule has 2 aromatic carbocycles. The third kappa shape index (κ3) is 7.41. The van der Waals surface area contributed by atoms with Crippen LogP contribution in [0.3, 0.4) is 0 Å². The number of nitrogens with one attached hydrogen (secondary N) is 2. The Balaban J connectivity index is 1.60. The molecule has 16 heteroatoms. The molecule has 0 aliphatic carbocycles. The molecule has 2 N–H and O–H groups in total. The molecule has 246 valence electrons. The predicted octanol–water partition coefficient (Wildman–Crippen LogP) is 4.08. The van der Waals surface area contributed by atoms with Gasteiger partial charge in [-0.1, -0.05) is 24.3 Å². The number of benzene rings is 2. The van der Waals surface area contributed by atoms with Gasteiger partial charge in [0.15, 0.2) is 12.1 Å². The maximum absolute atomic E-state index is 14.4. The lowest BCUT2D eigenvalue weighted by Gasteiger charge is -2.47. The summed E-state index contributed by atoms with van der Waals surface area (Å²) in [7, 11) is -3.42. The van der Waals surface area contributed by atoms with Gasteiger partial charge >= 0.3 is 12.4 Å². The van der Waals surface area contributed by atoms with Crippen LogP contribution in [0.15, 0.2) is 60.0 Å².